The minimum Gasteiger partial charge on any atom is -0.346 e. The molecular weight excluding hydrogens is 367 g/mol. The summed E-state index contributed by atoms with van der Waals surface area (Å²) in [6.45, 7) is 1.86. The van der Waals surface area contributed by atoms with Gasteiger partial charge in [-0.25, -0.2) is 0 Å². The number of thioether (sulfide) groups is 1. The first-order valence-corrected chi connectivity index (χ1v) is 8.90. The fraction of sp³-hybridized carbons (Fsp3) is 0.176. The molecule has 0 fully saturated rings. The van der Waals surface area contributed by atoms with Crippen LogP contribution in [0.15, 0.2) is 47.4 Å². The highest BCUT2D eigenvalue weighted by Gasteiger charge is 2.09. The third-order valence-corrected chi connectivity index (χ3v) is 4.84. The quantitative estimate of drug-likeness (QED) is 0.737. The average Bonchev–Trinajstić information content (AvgIpc) is 2.55. The minimum atomic E-state index is -0.367. The van der Waals surface area contributed by atoms with Crippen molar-refractivity contribution in [2.45, 2.75) is 11.8 Å². The van der Waals surface area contributed by atoms with Crippen molar-refractivity contribution in [2.75, 3.05) is 17.6 Å². The lowest BCUT2D eigenvalue weighted by Gasteiger charge is -2.09. The van der Waals surface area contributed by atoms with E-state index >= 15 is 0 Å². The van der Waals surface area contributed by atoms with Gasteiger partial charge in [0.1, 0.15) is 0 Å². The van der Waals surface area contributed by atoms with Crippen molar-refractivity contribution in [3.63, 3.8) is 0 Å². The molecule has 0 aliphatic heterocycles. The monoisotopic (exact) mass is 382 g/mol. The van der Waals surface area contributed by atoms with Gasteiger partial charge in [-0.15, -0.1) is 11.8 Å². The third kappa shape index (κ3) is 5.74. The molecule has 0 saturated carbocycles. The number of benzene rings is 2. The Morgan fingerprint density at radius 2 is 1.83 bits per heavy atom. The fourth-order valence-electron chi connectivity index (χ4n) is 1.88. The highest BCUT2D eigenvalue weighted by molar-refractivity contribution is 8.00. The number of carbonyl (C=O) groups is 2. The Morgan fingerprint density at radius 3 is 2.58 bits per heavy atom. The lowest BCUT2D eigenvalue weighted by Crippen LogP contribution is -2.33. The second-order valence-electron chi connectivity index (χ2n) is 5.00. The molecule has 4 nitrogen and oxygen atoms in total. The largest absolute Gasteiger partial charge is 0.346 e. The highest BCUT2D eigenvalue weighted by Crippen LogP contribution is 2.25. The van der Waals surface area contributed by atoms with E-state index in [0.717, 1.165) is 10.5 Å². The molecule has 2 amide bonds. The van der Waals surface area contributed by atoms with Gasteiger partial charge in [0.2, 0.25) is 11.8 Å². The molecule has 2 aromatic rings. The first kappa shape index (κ1) is 18.6. The van der Waals surface area contributed by atoms with Crippen molar-refractivity contribution in [3.05, 3.63) is 58.1 Å². The molecule has 0 atom stereocenters. The first-order valence-electron chi connectivity index (χ1n) is 7.16. The molecule has 2 aromatic carbocycles. The van der Waals surface area contributed by atoms with Gasteiger partial charge in [0.15, 0.2) is 0 Å². The van der Waals surface area contributed by atoms with Gasteiger partial charge in [0.05, 0.1) is 23.0 Å². The molecule has 24 heavy (non-hydrogen) atoms. The summed E-state index contributed by atoms with van der Waals surface area (Å²) in [7, 11) is 0. The highest BCUT2D eigenvalue weighted by atomic mass is 35.5. The normalized spacial score (nSPS) is 10.3. The third-order valence-electron chi connectivity index (χ3n) is 3.10. The van der Waals surface area contributed by atoms with E-state index in [0.29, 0.717) is 15.7 Å². The summed E-state index contributed by atoms with van der Waals surface area (Å²) >= 11 is 13.3. The number of hydrogen-bond donors (Lipinski definition) is 2. The van der Waals surface area contributed by atoms with Crippen LogP contribution in [0.25, 0.3) is 0 Å². The Morgan fingerprint density at radius 1 is 1.08 bits per heavy atom. The van der Waals surface area contributed by atoms with Gasteiger partial charge >= 0.3 is 0 Å². The maximum Gasteiger partial charge on any atom is 0.243 e. The minimum absolute atomic E-state index is 0.129. The van der Waals surface area contributed by atoms with E-state index in [1.54, 1.807) is 18.2 Å². The zero-order valence-corrected chi connectivity index (χ0v) is 15.3. The van der Waals surface area contributed by atoms with E-state index in [-0.39, 0.29) is 24.1 Å². The van der Waals surface area contributed by atoms with Crippen molar-refractivity contribution in [1.29, 1.82) is 0 Å². The zero-order chi connectivity index (χ0) is 17.5. The molecule has 0 saturated heterocycles. The summed E-state index contributed by atoms with van der Waals surface area (Å²) in [5.41, 5.74) is 1.53. The van der Waals surface area contributed by atoms with Gasteiger partial charge in [-0.05, 0) is 36.8 Å². The van der Waals surface area contributed by atoms with Gasteiger partial charge in [0.25, 0.3) is 0 Å². The molecule has 2 rings (SSSR count). The molecule has 0 spiro atoms. The molecule has 126 valence electrons. The maximum absolute atomic E-state index is 11.9. The predicted octanol–water partition coefficient (Wildman–Crippen LogP) is 4.15. The van der Waals surface area contributed by atoms with E-state index in [1.807, 2.05) is 31.2 Å². The van der Waals surface area contributed by atoms with E-state index in [4.69, 9.17) is 23.2 Å². The van der Waals surface area contributed by atoms with Crippen molar-refractivity contribution < 1.29 is 9.59 Å². The van der Waals surface area contributed by atoms with Crippen LogP contribution in [-0.2, 0) is 9.59 Å². The van der Waals surface area contributed by atoms with E-state index in [9.17, 15) is 9.59 Å². The van der Waals surface area contributed by atoms with Crippen LogP contribution in [0.4, 0.5) is 5.69 Å². The summed E-state index contributed by atoms with van der Waals surface area (Å²) in [6.07, 6.45) is 0. The molecule has 0 heterocycles. The smallest absolute Gasteiger partial charge is 0.243 e. The Hall–Kier alpha value is -1.69. The van der Waals surface area contributed by atoms with Crippen molar-refractivity contribution >= 4 is 52.5 Å². The molecule has 0 aromatic heterocycles. The predicted molar refractivity (Wildman–Crippen MR) is 100 cm³/mol. The van der Waals surface area contributed by atoms with Crippen molar-refractivity contribution in [2.24, 2.45) is 0 Å². The second kappa shape index (κ2) is 8.97. The zero-order valence-electron chi connectivity index (χ0n) is 12.9. The number of halogens is 2. The van der Waals surface area contributed by atoms with E-state index in [2.05, 4.69) is 10.6 Å². The van der Waals surface area contributed by atoms with Crippen LogP contribution in [-0.4, -0.2) is 24.1 Å². The molecule has 0 aliphatic carbocycles. The number of amides is 2. The number of nitrogens with one attached hydrogen (secondary N) is 2. The van der Waals surface area contributed by atoms with Crippen LogP contribution >= 0.6 is 35.0 Å². The molecule has 7 heteroatoms. The molecule has 0 aliphatic rings. The van der Waals surface area contributed by atoms with Crippen LogP contribution in [0.3, 0.4) is 0 Å². The topological polar surface area (TPSA) is 58.2 Å². The summed E-state index contributed by atoms with van der Waals surface area (Å²) in [6, 6.07) is 12.6. The van der Waals surface area contributed by atoms with Gasteiger partial charge in [-0.3, -0.25) is 9.59 Å². The molecule has 0 radical (unpaired) electrons. The van der Waals surface area contributed by atoms with E-state index in [1.165, 1.54) is 11.8 Å². The van der Waals surface area contributed by atoms with Gasteiger partial charge in [0, 0.05) is 9.92 Å². The number of aryl methyl sites for hydroxylation is 1. The number of rotatable bonds is 6. The number of carbonyl (C=O) groups excluding carboxylic acids is 2. The summed E-state index contributed by atoms with van der Waals surface area (Å²) in [4.78, 5) is 24.8. The molecule has 0 unspecified atom stereocenters. The number of hydrogen-bond acceptors (Lipinski definition) is 3. The summed E-state index contributed by atoms with van der Waals surface area (Å²) < 4.78 is 0. The van der Waals surface area contributed by atoms with Crippen LogP contribution in [0.1, 0.15) is 5.56 Å². The standard InChI is InChI=1S/C17H16Cl2N2O2S/c1-11-4-2-3-5-15(11)24-10-17(23)20-9-16(22)21-14-8-12(18)6-7-13(14)19/h2-8H,9-10H2,1H3,(H,20,23)(H,21,22). The lowest BCUT2D eigenvalue weighted by molar-refractivity contribution is -0.122. The lowest BCUT2D eigenvalue weighted by atomic mass is 10.2. The molecular formula is C17H16Cl2N2O2S. The van der Waals surface area contributed by atoms with Gasteiger partial charge in [-0.1, -0.05) is 41.4 Å². The molecule has 0 bridgehead atoms. The molecule has 2 N–H and O–H groups in total. The Bertz CT molecular complexity index is 753. The van der Waals surface area contributed by atoms with Crippen LogP contribution in [0.5, 0.6) is 0 Å². The Kier molecular flexibility index (Phi) is 6.97. The summed E-state index contributed by atoms with van der Waals surface area (Å²) in [5, 5.41) is 6.04. The Labute approximate surface area is 154 Å². The van der Waals surface area contributed by atoms with E-state index < -0.39 is 0 Å². The first-order chi connectivity index (χ1) is 11.5. The van der Waals surface area contributed by atoms with Gasteiger partial charge < -0.3 is 10.6 Å². The Balaban J connectivity index is 1.78. The average molecular weight is 383 g/mol. The van der Waals surface area contributed by atoms with Crippen LogP contribution < -0.4 is 10.6 Å². The summed E-state index contributed by atoms with van der Waals surface area (Å²) in [5.74, 6) is -0.334. The van der Waals surface area contributed by atoms with Crippen molar-refractivity contribution in [1.82, 2.24) is 5.32 Å². The SMILES string of the molecule is Cc1ccccc1SCC(=O)NCC(=O)Nc1cc(Cl)ccc1Cl. The van der Waals surface area contributed by atoms with Crippen LogP contribution in [0.2, 0.25) is 10.0 Å². The maximum atomic E-state index is 11.9. The number of anilines is 1. The van der Waals surface area contributed by atoms with Crippen LogP contribution in [0, 0.1) is 6.92 Å². The fourth-order valence-corrected chi connectivity index (χ4v) is 3.08. The second-order valence-corrected chi connectivity index (χ2v) is 6.86. The van der Waals surface area contributed by atoms with Crippen molar-refractivity contribution in [3.8, 4) is 0 Å². The van der Waals surface area contributed by atoms with Gasteiger partial charge in [-0.2, -0.15) is 0 Å².